The number of nitrogen functional groups attached to an aromatic ring is 1. The Labute approximate surface area is 121 Å². The van der Waals surface area contributed by atoms with E-state index in [1.807, 2.05) is 6.33 Å². The first kappa shape index (κ1) is 11.4. The maximum Gasteiger partial charge on any atom is 0.165 e. The highest BCUT2D eigenvalue weighted by atomic mass is 32.2. The zero-order chi connectivity index (χ0) is 13.3. The van der Waals surface area contributed by atoms with Crippen LogP contribution in [0.3, 0.4) is 0 Å². The monoisotopic (exact) mass is 287 g/mol. The van der Waals surface area contributed by atoms with E-state index in [0.29, 0.717) is 11.9 Å². The Morgan fingerprint density at radius 1 is 1.10 bits per heavy atom. The number of nitrogens with zero attached hydrogens (tertiary/aromatic N) is 4. The third-order valence-corrected chi connectivity index (χ3v) is 6.92. The van der Waals surface area contributed by atoms with Crippen LogP contribution in [0.1, 0.15) is 18.9 Å². The Balaban J connectivity index is 1.59. The third-order valence-electron chi connectivity index (χ3n) is 5.68. The Bertz CT molecular complexity index is 683. The Morgan fingerprint density at radius 3 is 2.95 bits per heavy atom. The van der Waals surface area contributed by atoms with E-state index in [9.17, 15) is 0 Å². The van der Waals surface area contributed by atoms with Crippen molar-refractivity contribution >= 4 is 28.7 Å². The van der Waals surface area contributed by atoms with E-state index in [4.69, 9.17) is 5.73 Å². The second kappa shape index (κ2) is 3.87. The van der Waals surface area contributed by atoms with Crippen LogP contribution in [0.15, 0.2) is 12.7 Å². The van der Waals surface area contributed by atoms with Crippen LogP contribution in [0.2, 0.25) is 0 Å². The van der Waals surface area contributed by atoms with E-state index >= 15 is 0 Å². The summed E-state index contributed by atoms with van der Waals surface area (Å²) in [5, 5.41) is 0. The van der Waals surface area contributed by atoms with E-state index in [1.165, 1.54) is 24.3 Å². The fourth-order valence-corrected chi connectivity index (χ4v) is 6.54. The number of thioether (sulfide) groups is 1. The topological polar surface area (TPSA) is 69.6 Å². The number of imidazole rings is 1. The summed E-state index contributed by atoms with van der Waals surface area (Å²) in [4.78, 5) is 12.9. The smallest absolute Gasteiger partial charge is 0.165 e. The van der Waals surface area contributed by atoms with E-state index in [-0.39, 0.29) is 0 Å². The molecule has 3 aliphatic rings. The molecule has 2 aromatic rings. The molecule has 2 N–H and O–H groups in total. The molecule has 0 radical (unpaired) electrons. The van der Waals surface area contributed by atoms with Gasteiger partial charge in [0, 0.05) is 6.04 Å². The van der Waals surface area contributed by atoms with E-state index in [1.54, 1.807) is 6.33 Å². The van der Waals surface area contributed by atoms with Gasteiger partial charge in [0.15, 0.2) is 11.5 Å². The van der Waals surface area contributed by atoms with E-state index < -0.39 is 0 Å². The van der Waals surface area contributed by atoms with Crippen molar-refractivity contribution in [2.24, 2.45) is 23.7 Å². The van der Waals surface area contributed by atoms with Gasteiger partial charge in [-0.05, 0) is 48.0 Å². The van der Waals surface area contributed by atoms with Gasteiger partial charge in [-0.1, -0.05) is 0 Å². The standard InChI is InChI=1S/C14H17N5S/c15-13-12-14(17-5-16-13)19(6-18-12)11-2-7-1-8(11)10-4-20-3-9(7)10/h5-11H,1-4H2,(H2,15,16,17)/t7-,8-,9-,10+,11+/m1/s1. The quantitative estimate of drug-likeness (QED) is 0.868. The minimum Gasteiger partial charge on any atom is -0.382 e. The van der Waals surface area contributed by atoms with Crippen molar-refractivity contribution in [3.63, 3.8) is 0 Å². The first-order valence-corrected chi connectivity index (χ1v) is 8.49. The maximum atomic E-state index is 5.90. The average molecular weight is 287 g/mol. The second-order valence-corrected chi connectivity index (χ2v) is 7.49. The molecule has 5 nitrogen and oxygen atoms in total. The van der Waals surface area contributed by atoms with E-state index in [2.05, 4.69) is 31.3 Å². The van der Waals surface area contributed by atoms with Crippen LogP contribution in [0, 0.1) is 23.7 Å². The summed E-state index contributed by atoms with van der Waals surface area (Å²) in [6.07, 6.45) is 6.18. The molecule has 3 heterocycles. The average Bonchev–Trinajstić information content (AvgIpc) is 3.19. The fraction of sp³-hybridized carbons (Fsp3) is 0.643. The van der Waals surface area contributed by atoms with Crippen molar-refractivity contribution in [1.82, 2.24) is 19.5 Å². The summed E-state index contributed by atoms with van der Waals surface area (Å²) in [6.45, 7) is 0. The van der Waals surface area contributed by atoms with E-state index in [0.717, 1.165) is 34.8 Å². The molecule has 104 valence electrons. The van der Waals surface area contributed by atoms with Gasteiger partial charge in [0.05, 0.1) is 6.33 Å². The van der Waals surface area contributed by atoms with Gasteiger partial charge in [0.2, 0.25) is 0 Å². The van der Waals surface area contributed by atoms with Crippen molar-refractivity contribution in [3.05, 3.63) is 12.7 Å². The Morgan fingerprint density at radius 2 is 2.00 bits per heavy atom. The minimum absolute atomic E-state index is 0.492. The predicted octanol–water partition coefficient (Wildman–Crippen LogP) is 1.97. The van der Waals surface area contributed by atoms with Crippen molar-refractivity contribution in [3.8, 4) is 0 Å². The van der Waals surface area contributed by atoms with Gasteiger partial charge in [0.25, 0.3) is 0 Å². The van der Waals surface area contributed by atoms with Gasteiger partial charge >= 0.3 is 0 Å². The molecule has 1 aliphatic heterocycles. The molecule has 20 heavy (non-hydrogen) atoms. The van der Waals surface area contributed by atoms with Gasteiger partial charge < -0.3 is 10.3 Å². The molecule has 3 fully saturated rings. The molecule has 0 aromatic carbocycles. The van der Waals surface area contributed by atoms with Gasteiger partial charge in [-0.3, -0.25) is 0 Å². The van der Waals surface area contributed by atoms with Crippen LogP contribution in [-0.2, 0) is 0 Å². The Hall–Kier alpha value is -1.30. The molecule has 0 spiro atoms. The SMILES string of the molecule is Nc1ncnc2c1ncn2[C@H]1C[C@H]2C[C@@H]1[C@@H]1CSC[C@H]21. The molecular formula is C14H17N5S. The molecule has 5 rings (SSSR count). The van der Waals surface area contributed by atoms with Gasteiger partial charge in [-0.15, -0.1) is 0 Å². The molecule has 2 aromatic heterocycles. The summed E-state index contributed by atoms with van der Waals surface area (Å²) in [7, 11) is 0. The van der Waals surface area contributed by atoms with Crippen molar-refractivity contribution in [1.29, 1.82) is 0 Å². The number of hydrogen-bond donors (Lipinski definition) is 1. The van der Waals surface area contributed by atoms with Crippen LogP contribution in [0.4, 0.5) is 5.82 Å². The number of nitrogens with two attached hydrogens (primary N) is 1. The van der Waals surface area contributed by atoms with Gasteiger partial charge in [-0.25, -0.2) is 15.0 Å². The normalized spacial score (nSPS) is 38.7. The largest absolute Gasteiger partial charge is 0.382 e. The summed E-state index contributed by atoms with van der Waals surface area (Å²) in [5.41, 5.74) is 7.57. The second-order valence-electron chi connectivity index (χ2n) is 6.41. The molecule has 5 atom stereocenters. The lowest BCUT2D eigenvalue weighted by atomic mass is 9.79. The number of hydrogen-bond acceptors (Lipinski definition) is 5. The molecule has 2 bridgehead atoms. The maximum absolute atomic E-state index is 5.90. The fourth-order valence-electron chi connectivity index (χ4n) is 4.84. The lowest BCUT2D eigenvalue weighted by molar-refractivity contribution is 0.210. The van der Waals surface area contributed by atoms with Gasteiger partial charge in [0.1, 0.15) is 11.8 Å². The first-order valence-electron chi connectivity index (χ1n) is 7.33. The van der Waals surface area contributed by atoms with Crippen molar-refractivity contribution in [2.45, 2.75) is 18.9 Å². The highest BCUT2D eigenvalue weighted by molar-refractivity contribution is 7.99. The molecule has 0 unspecified atom stereocenters. The molecule has 0 amide bonds. The van der Waals surface area contributed by atoms with Crippen LogP contribution < -0.4 is 5.73 Å². The number of anilines is 1. The van der Waals surface area contributed by atoms with Gasteiger partial charge in [-0.2, -0.15) is 11.8 Å². The zero-order valence-electron chi connectivity index (χ0n) is 11.1. The van der Waals surface area contributed by atoms with Crippen LogP contribution in [0.25, 0.3) is 11.2 Å². The Kier molecular flexibility index (Phi) is 2.20. The summed E-state index contributed by atoms with van der Waals surface area (Å²) < 4.78 is 2.28. The van der Waals surface area contributed by atoms with Crippen LogP contribution in [0.5, 0.6) is 0 Å². The zero-order valence-corrected chi connectivity index (χ0v) is 12.0. The first-order chi connectivity index (χ1) is 9.83. The summed E-state index contributed by atoms with van der Waals surface area (Å²) >= 11 is 2.15. The minimum atomic E-state index is 0.492. The van der Waals surface area contributed by atoms with Crippen molar-refractivity contribution < 1.29 is 0 Å². The number of rotatable bonds is 1. The third kappa shape index (κ3) is 1.33. The molecule has 2 aliphatic carbocycles. The number of fused-ring (bicyclic) bond motifs is 6. The lowest BCUT2D eigenvalue weighted by Gasteiger charge is -2.31. The highest BCUT2D eigenvalue weighted by Crippen LogP contribution is 2.61. The molecule has 2 saturated carbocycles. The molecule has 6 heteroatoms. The van der Waals surface area contributed by atoms with Crippen LogP contribution in [-0.4, -0.2) is 31.0 Å². The predicted molar refractivity (Wildman–Crippen MR) is 79.3 cm³/mol. The number of aromatic nitrogens is 4. The summed E-state index contributed by atoms with van der Waals surface area (Å²) in [5.74, 6) is 6.86. The lowest BCUT2D eigenvalue weighted by Crippen LogP contribution is -2.28. The highest BCUT2D eigenvalue weighted by Gasteiger charge is 2.54. The van der Waals surface area contributed by atoms with Crippen molar-refractivity contribution in [2.75, 3.05) is 17.2 Å². The molecular weight excluding hydrogens is 270 g/mol. The summed E-state index contributed by atoms with van der Waals surface area (Å²) in [6, 6.07) is 0.569. The molecule has 1 saturated heterocycles. The van der Waals surface area contributed by atoms with Crippen LogP contribution >= 0.6 is 11.8 Å².